The average molecular weight is 368 g/mol. The maximum Gasteiger partial charge on any atom is 0.172 e. The second-order valence-corrected chi connectivity index (χ2v) is 7.94. The van der Waals surface area contributed by atoms with E-state index in [9.17, 15) is 15.8 Å². The number of allylic oxidation sites excluding steroid dienone is 2. The molecule has 4 rings (SSSR count). The fourth-order valence-corrected chi connectivity index (χ4v) is 4.59. The smallest absolute Gasteiger partial charge is 0.172 e. The first-order chi connectivity index (χ1) is 13.5. The lowest BCUT2D eigenvalue weighted by molar-refractivity contribution is 0.109. The molecule has 0 amide bonds. The highest BCUT2D eigenvalue weighted by molar-refractivity contribution is 5.84. The van der Waals surface area contributed by atoms with Crippen LogP contribution in [-0.4, -0.2) is 11.6 Å². The summed E-state index contributed by atoms with van der Waals surface area (Å²) in [6, 6.07) is 14.2. The quantitative estimate of drug-likeness (QED) is 0.628. The highest BCUT2D eigenvalue weighted by Gasteiger charge is 2.41. The molecular formula is C23H20N4O. The molecule has 1 aromatic rings. The second-order valence-electron chi connectivity index (χ2n) is 7.94. The summed E-state index contributed by atoms with van der Waals surface area (Å²) >= 11 is 0. The molecule has 5 heteroatoms. The maximum absolute atomic E-state index is 9.69. The standard InChI is InChI=1S/C23H20N4O/c1-23(2)20(19(13-26)22(28-23)17(11-24)12-25)14-7-9-18(10-8-14)27-21-15-3-4-16(21)6-5-15/h3-4,7-10,15-16,21,27H,5-6H2,1-2H3/t15-,16+,21+. The molecule has 1 heterocycles. The van der Waals surface area contributed by atoms with E-state index >= 15 is 0 Å². The number of anilines is 1. The van der Waals surface area contributed by atoms with Crippen molar-refractivity contribution in [2.24, 2.45) is 11.8 Å². The van der Waals surface area contributed by atoms with Crippen molar-refractivity contribution in [3.63, 3.8) is 0 Å². The fraction of sp³-hybridized carbons (Fsp3) is 0.348. The normalized spacial score (nSPS) is 26.4. The summed E-state index contributed by atoms with van der Waals surface area (Å²) in [5.41, 5.74) is 1.87. The van der Waals surface area contributed by atoms with Crippen LogP contribution in [0.5, 0.6) is 0 Å². The van der Waals surface area contributed by atoms with Gasteiger partial charge in [0.25, 0.3) is 0 Å². The Morgan fingerprint density at radius 1 is 1.04 bits per heavy atom. The first kappa shape index (κ1) is 17.9. The summed E-state index contributed by atoms with van der Waals surface area (Å²) < 4.78 is 5.85. The maximum atomic E-state index is 9.69. The average Bonchev–Trinajstić information content (AvgIpc) is 3.34. The molecule has 0 saturated heterocycles. The van der Waals surface area contributed by atoms with E-state index < -0.39 is 5.60 Å². The van der Waals surface area contributed by atoms with Crippen LogP contribution in [0.3, 0.4) is 0 Å². The van der Waals surface area contributed by atoms with Crippen molar-refractivity contribution in [2.75, 3.05) is 5.32 Å². The van der Waals surface area contributed by atoms with E-state index in [1.54, 1.807) is 0 Å². The molecule has 0 aromatic heterocycles. The van der Waals surface area contributed by atoms with E-state index in [4.69, 9.17) is 4.74 Å². The number of hydrogen-bond donors (Lipinski definition) is 1. The zero-order valence-corrected chi connectivity index (χ0v) is 15.9. The van der Waals surface area contributed by atoms with Crippen LogP contribution in [0.15, 0.2) is 53.3 Å². The van der Waals surface area contributed by atoms with E-state index in [0.29, 0.717) is 23.5 Å². The van der Waals surface area contributed by atoms with Crippen LogP contribution < -0.4 is 5.32 Å². The zero-order valence-electron chi connectivity index (χ0n) is 15.9. The summed E-state index contributed by atoms with van der Waals surface area (Å²) in [5, 5.41) is 31.7. The van der Waals surface area contributed by atoms with Crippen molar-refractivity contribution in [2.45, 2.75) is 38.3 Å². The summed E-state index contributed by atoms with van der Waals surface area (Å²) in [6.07, 6.45) is 7.13. The number of hydrogen-bond acceptors (Lipinski definition) is 5. The third kappa shape index (κ3) is 2.75. The molecule has 2 aliphatic carbocycles. The second kappa shape index (κ2) is 6.59. The molecule has 2 bridgehead atoms. The minimum atomic E-state index is -0.803. The van der Waals surface area contributed by atoms with Crippen LogP contribution in [0.4, 0.5) is 5.69 Å². The van der Waals surface area contributed by atoms with Crippen LogP contribution in [0, 0.1) is 45.8 Å². The molecule has 5 nitrogen and oxygen atoms in total. The van der Waals surface area contributed by atoms with Gasteiger partial charge < -0.3 is 10.1 Å². The van der Waals surface area contributed by atoms with Crippen molar-refractivity contribution < 1.29 is 4.74 Å². The molecule has 3 aliphatic rings. The number of ether oxygens (including phenoxy) is 1. The summed E-state index contributed by atoms with van der Waals surface area (Å²) in [5.74, 6) is 1.30. The Kier molecular flexibility index (Phi) is 4.21. The molecule has 0 unspecified atom stereocenters. The highest BCUT2D eigenvalue weighted by Crippen LogP contribution is 2.45. The first-order valence-electron chi connectivity index (χ1n) is 9.42. The van der Waals surface area contributed by atoms with Gasteiger partial charge in [0, 0.05) is 17.3 Å². The molecule has 28 heavy (non-hydrogen) atoms. The third-order valence-electron chi connectivity index (χ3n) is 5.87. The van der Waals surface area contributed by atoms with E-state index in [1.807, 2.05) is 50.3 Å². The van der Waals surface area contributed by atoms with E-state index in [-0.39, 0.29) is 16.9 Å². The number of nitrogens with one attached hydrogen (secondary N) is 1. The minimum absolute atomic E-state index is 0.0725. The minimum Gasteiger partial charge on any atom is -0.480 e. The van der Waals surface area contributed by atoms with Gasteiger partial charge in [0.15, 0.2) is 11.3 Å². The Morgan fingerprint density at radius 3 is 2.14 bits per heavy atom. The van der Waals surface area contributed by atoms with Gasteiger partial charge in [-0.1, -0.05) is 24.3 Å². The molecule has 1 aliphatic heterocycles. The van der Waals surface area contributed by atoms with Crippen LogP contribution in [0.2, 0.25) is 0 Å². The predicted molar refractivity (Wildman–Crippen MR) is 105 cm³/mol. The summed E-state index contributed by atoms with van der Waals surface area (Å²) in [7, 11) is 0. The Bertz CT molecular complexity index is 1010. The molecule has 0 radical (unpaired) electrons. The molecule has 1 aromatic carbocycles. The summed E-state index contributed by atoms with van der Waals surface area (Å²) in [6.45, 7) is 3.68. The molecule has 0 spiro atoms. The van der Waals surface area contributed by atoms with Gasteiger partial charge in [-0.05, 0) is 56.2 Å². The fourth-order valence-electron chi connectivity index (χ4n) is 4.59. The Hall–Kier alpha value is -3.49. The monoisotopic (exact) mass is 368 g/mol. The van der Waals surface area contributed by atoms with Gasteiger partial charge in [0.1, 0.15) is 29.4 Å². The topological polar surface area (TPSA) is 92.6 Å². The van der Waals surface area contributed by atoms with E-state index in [2.05, 4.69) is 23.5 Å². The zero-order chi connectivity index (χ0) is 19.9. The van der Waals surface area contributed by atoms with Crippen molar-refractivity contribution in [3.05, 3.63) is 58.9 Å². The van der Waals surface area contributed by atoms with Gasteiger partial charge in [-0.25, -0.2) is 0 Å². The Morgan fingerprint density at radius 2 is 1.64 bits per heavy atom. The van der Waals surface area contributed by atoms with Gasteiger partial charge in [0.2, 0.25) is 0 Å². The number of benzene rings is 1. The Labute approximate surface area is 164 Å². The molecular weight excluding hydrogens is 348 g/mol. The van der Waals surface area contributed by atoms with Gasteiger partial charge in [-0.3, -0.25) is 0 Å². The van der Waals surface area contributed by atoms with Crippen molar-refractivity contribution in [1.29, 1.82) is 15.8 Å². The van der Waals surface area contributed by atoms with Gasteiger partial charge in [-0.15, -0.1) is 0 Å². The third-order valence-corrected chi connectivity index (χ3v) is 5.87. The van der Waals surface area contributed by atoms with Crippen LogP contribution in [0.25, 0.3) is 5.57 Å². The van der Waals surface area contributed by atoms with Gasteiger partial charge in [0.05, 0.1) is 0 Å². The van der Waals surface area contributed by atoms with Gasteiger partial charge >= 0.3 is 0 Å². The molecule has 1 saturated carbocycles. The largest absolute Gasteiger partial charge is 0.480 e. The molecule has 3 atom stereocenters. The predicted octanol–water partition coefficient (Wildman–Crippen LogP) is 4.45. The van der Waals surface area contributed by atoms with E-state index in [1.165, 1.54) is 12.8 Å². The Balaban J connectivity index is 1.67. The van der Waals surface area contributed by atoms with Crippen molar-refractivity contribution in [3.8, 4) is 18.2 Å². The number of fused-ring (bicyclic) bond motifs is 2. The molecule has 1 fully saturated rings. The number of nitrogens with zero attached hydrogens (tertiary/aromatic N) is 3. The van der Waals surface area contributed by atoms with Crippen LogP contribution in [-0.2, 0) is 4.74 Å². The molecule has 1 N–H and O–H groups in total. The lowest BCUT2D eigenvalue weighted by Crippen LogP contribution is -2.25. The molecule has 138 valence electrons. The lowest BCUT2D eigenvalue weighted by atomic mass is 9.89. The number of nitriles is 3. The highest BCUT2D eigenvalue weighted by atomic mass is 16.5. The first-order valence-corrected chi connectivity index (χ1v) is 9.42. The van der Waals surface area contributed by atoms with Crippen LogP contribution in [0.1, 0.15) is 32.3 Å². The summed E-state index contributed by atoms with van der Waals surface area (Å²) in [4.78, 5) is 0. The number of rotatable bonds is 3. The SMILES string of the molecule is CC1(C)OC(=C(C#N)C#N)C(C#N)=C1c1ccc(N[C@H]2[C@@H]3C=C[C@H]2CC3)cc1. The van der Waals surface area contributed by atoms with Crippen LogP contribution >= 0.6 is 0 Å². The van der Waals surface area contributed by atoms with Crippen molar-refractivity contribution >= 4 is 11.3 Å². The lowest BCUT2D eigenvalue weighted by Gasteiger charge is -2.23. The van der Waals surface area contributed by atoms with E-state index in [0.717, 1.165) is 11.3 Å². The van der Waals surface area contributed by atoms with Crippen molar-refractivity contribution in [1.82, 2.24) is 0 Å². The van der Waals surface area contributed by atoms with Gasteiger partial charge in [-0.2, -0.15) is 15.8 Å².